The lowest BCUT2D eigenvalue weighted by atomic mass is 9.51. The van der Waals surface area contributed by atoms with Crippen LogP contribution in [0, 0.1) is 129 Å². The van der Waals surface area contributed by atoms with Gasteiger partial charge in [-0.2, -0.15) is 0 Å². The molecule has 3 spiro atoms. The second kappa shape index (κ2) is 26.7. The molecule has 0 unspecified atom stereocenters. The quantitative estimate of drug-likeness (QED) is 0.158. The number of carbonyl (C=O) groups is 2. The van der Waals surface area contributed by atoms with Gasteiger partial charge in [0.15, 0.2) is 0 Å². The number of ether oxygens (including phenoxy) is 4. The fourth-order valence-electron chi connectivity index (χ4n) is 30.4. The Morgan fingerprint density at radius 1 is 0.424 bits per heavy atom. The van der Waals surface area contributed by atoms with Crippen molar-refractivity contribution in [3.8, 4) is 0 Å². The monoisotopic (exact) mass is 1360 g/mol. The van der Waals surface area contributed by atoms with E-state index in [1.165, 1.54) is 173 Å². The van der Waals surface area contributed by atoms with Gasteiger partial charge in [0, 0.05) is 55.8 Å². The van der Waals surface area contributed by atoms with Crippen LogP contribution in [0.25, 0.3) is 0 Å². The van der Waals surface area contributed by atoms with E-state index < -0.39 is 0 Å². The number of hydrogen-bond acceptors (Lipinski definition) is 9. The summed E-state index contributed by atoms with van der Waals surface area (Å²) < 4.78 is 26.8. The lowest BCUT2D eigenvalue weighted by molar-refractivity contribution is -0.154. The predicted molar refractivity (Wildman–Crippen MR) is 398 cm³/mol. The largest absolute Gasteiger partial charge is 0.463 e. The number of allylic oxidation sites excluding steroid dienone is 3. The van der Waals surface area contributed by atoms with Gasteiger partial charge in [0.2, 0.25) is 5.91 Å². The maximum atomic E-state index is 11.7. The molecule has 0 aromatic heterocycles. The van der Waals surface area contributed by atoms with Crippen molar-refractivity contribution < 1.29 is 28.5 Å². The van der Waals surface area contributed by atoms with E-state index >= 15 is 0 Å². The van der Waals surface area contributed by atoms with E-state index in [-0.39, 0.29) is 34.8 Å². The van der Waals surface area contributed by atoms with Crippen molar-refractivity contribution >= 4 is 11.9 Å². The molecule has 554 valence electrons. The van der Waals surface area contributed by atoms with Crippen molar-refractivity contribution in [2.45, 2.75) is 362 Å². The Morgan fingerprint density at radius 2 is 0.788 bits per heavy atom. The molecule has 10 heteroatoms. The van der Waals surface area contributed by atoms with Crippen molar-refractivity contribution in [2.75, 3.05) is 19.6 Å². The van der Waals surface area contributed by atoms with Crippen LogP contribution in [-0.2, 0) is 28.5 Å². The molecule has 15 fully saturated rings. The minimum atomic E-state index is -0.104. The summed E-state index contributed by atoms with van der Waals surface area (Å²) in [5.41, 5.74) is 12.4. The van der Waals surface area contributed by atoms with Crippen LogP contribution >= 0.6 is 0 Å². The Hall–Kier alpha value is -2.08. The second-order valence-corrected chi connectivity index (χ2v) is 41.1. The van der Waals surface area contributed by atoms with E-state index in [2.05, 4.69) is 111 Å². The summed E-state index contributed by atoms with van der Waals surface area (Å²) in [6.45, 7) is 39.2. The number of fused-ring (bicyclic) bond motifs is 18. The molecule has 9 saturated carbocycles. The van der Waals surface area contributed by atoms with Gasteiger partial charge in [0.05, 0.1) is 35.1 Å². The molecule has 99 heavy (non-hydrogen) atoms. The Labute approximate surface area is 602 Å². The Morgan fingerprint density at radius 3 is 1.17 bits per heavy atom. The summed E-state index contributed by atoms with van der Waals surface area (Å²) in [6.07, 6.45) is 40.5. The number of esters is 1. The summed E-state index contributed by atoms with van der Waals surface area (Å²) in [7, 11) is 0. The lowest BCUT2D eigenvalue weighted by Gasteiger charge is -2.54. The van der Waals surface area contributed by atoms with Gasteiger partial charge in [-0.05, 0) is 338 Å². The normalized spacial score (nSPS) is 53.7. The zero-order chi connectivity index (χ0) is 69.2. The fraction of sp³-hybridized carbons (Fsp3) is 0.910. The molecule has 12 aliphatic carbocycles. The molecule has 1 amide bonds. The van der Waals surface area contributed by atoms with Crippen LogP contribution in [0.4, 0.5) is 0 Å². The highest BCUT2D eigenvalue weighted by atomic mass is 16.5. The molecule has 0 radical (unpaired) electrons. The van der Waals surface area contributed by atoms with Crippen LogP contribution in [0.2, 0.25) is 0 Å². The molecule has 18 rings (SSSR count). The second-order valence-electron chi connectivity index (χ2n) is 41.1. The minimum absolute atomic E-state index is 0.0481. The van der Waals surface area contributed by atoms with Gasteiger partial charge in [0.1, 0.15) is 6.10 Å². The molecular weight excluding hydrogens is 1220 g/mol. The Kier molecular flexibility index (Phi) is 19.2. The van der Waals surface area contributed by atoms with Gasteiger partial charge >= 0.3 is 5.97 Å². The summed E-state index contributed by atoms with van der Waals surface area (Å²) >= 11 is 0. The first-order valence-corrected chi connectivity index (χ1v) is 42.9. The standard InChI is InChI=1S/C30H48N2O2.C30H47NO3.C29H47NO/c1-17-12-27-28(31-16-17)19(3)30(34-27)11-9-23-24-7-6-21-13-22(32-20(4)33)8-10-29(21,5)26(24)14-25(23)18(2)15-30;1-17-12-27-28(31-16-17)19(3)30(34-27)11-9-23-24-7-6-21-13-22(33-20(4)32)8-10-29(21,5)26(24)14-25(23)18(2)15-30;1-17-8-10-28(5)21(12-17)6-7-23-22-9-11-29(15-19(3)24(22)14-25(23)28)20(4)27-26(31-29)13-18(2)16-30-27/h17,19,21-24,26-28,31H,6-16H2,1-5H3,(H,32,33);17,19,21-24,26-28,31H,6-16H2,1-5H3;17-18,20-23,25-27,30H,6-16H2,1-5H3/t17-,19+,21+,22-,23-,24-,26-,27+,28-,29-,30-;17-,19+,21+,22+,23-,24-,26-,27+,28-,29-,30-;17-,18-,20+,21+,22-,23-,25-,26+,27-,28-,29-/m000/s1. The van der Waals surface area contributed by atoms with Crippen LogP contribution < -0.4 is 21.3 Å². The lowest BCUT2D eigenvalue weighted by Crippen LogP contribution is -2.50. The molecule has 0 aromatic carbocycles. The van der Waals surface area contributed by atoms with Crippen molar-refractivity contribution in [3.05, 3.63) is 33.4 Å². The first kappa shape index (κ1) is 71.2. The first-order chi connectivity index (χ1) is 47.2. The van der Waals surface area contributed by atoms with E-state index in [1.807, 2.05) is 16.7 Å². The molecule has 6 saturated heterocycles. The average molecular weight is 1360 g/mol. The van der Waals surface area contributed by atoms with Gasteiger partial charge < -0.3 is 40.2 Å². The van der Waals surface area contributed by atoms with Gasteiger partial charge in [-0.15, -0.1) is 0 Å². The zero-order valence-electron chi connectivity index (χ0n) is 65.4. The maximum absolute atomic E-state index is 11.7. The highest BCUT2D eigenvalue weighted by Crippen LogP contribution is 2.70. The molecular formula is C89H142N4O6. The Bertz CT molecular complexity index is 3000. The van der Waals surface area contributed by atoms with Crippen LogP contribution in [0.1, 0.15) is 296 Å². The third-order valence-electron chi connectivity index (χ3n) is 35.9. The smallest absolute Gasteiger partial charge is 0.302 e. The van der Waals surface area contributed by atoms with Crippen molar-refractivity contribution in [1.82, 2.24) is 21.3 Å². The maximum Gasteiger partial charge on any atom is 0.302 e. The van der Waals surface area contributed by atoms with E-state index in [9.17, 15) is 9.59 Å². The SMILES string of the molecule is CC(=O)N[C@H]1CC[C@@]2(C)[C@H](CC[C@H]3[C@@H]4CC[C@@]5(CC(C)=C4C[C@@H]32)O[C@@H]2C[C@H](C)CN[C@H]2[C@H]5C)C1.CC(=O)O[C@@H]1CC[C@@]2(C)[C@H](CC[C@H]3[C@@H]4CC[C@@]5(CC(C)=C4C[C@@H]32)O[C@@H]2C[C@H](C)CN[C@H]2[C@H]5C)C1.CC1=C2C[C@H]3[C@@H](CC[C@@H]4C[C@@H](C)CC[C@@]43C)[C@@H]2CC[C@@]2(C1)O[C@@H]1C[C@H](C)CN[C@H]1[C@H]2C. The van der Waals surface area contributed by atoms with E-state index in [4.69, 9.17) is 18.9 Å². The van der Waals surface area contributed by atoms with Gasteiger partial charge in [-0.1, -0.05) is 109 Å². The van der Waals surface area contributed by atoms with Gasteiger partial charge in [0.25, 0.3) is 0 Å². The van der Waals surface area contributed by atoms with Crippen molar-refractivity contribution in [3.63, 3.8) is 0 Å². The van der Waals surface area contributed by atoms with Crippen LogP contribution in [0.5, 0.6) is 0 Å². The van der Waals surface area contributed by atoms with Gasteiger partial charge in [-0.3, -0.25) is 9.59 Å². The van der Waals surface area contributed by atoms with E-state index in [1.54, 1.807) is 30.6 Å². The topological polar surface area (TPSA) is 119 Å². The number of piperidine rings is 3. The Balaban J connectivity index is 0.000000116. The van der Waals surface area contributed by atoms with Crippen LogP contribution in [-0.4, -0.2) is 96.9 Å². The molecule has 6 aliphatic heterocycles. The summed E-state index contributed by atoms with van der Waals surface area (Å²) in [6, 6.07) is 2.08. The summed E-state index contributed by atoms with van der Waals surface area (Å²) in [5.74, 6) is 15.3. The van der Waals surface area contributed by atoms with Gasteiger partial charge in [-0.25, -0.2) is 0 Å². The molecule has 4 N–H and O–H groups in total. The molecule has 0 bridgehead atoms. The molecule has 33 atom stereocenters. The third-order valence-corrected chi connectivity index (χ3v) is 35.9. The number of amides is 1. The highest BCUT2D eigenvalue weighted by Gasteiger charge is 2.64. The molecule has 0 aromatic rings. The predicted octanol–water partition coefficient (Wildman–Crippen LogP) is 18.4. The highest BCUT2D eigenvalue weighted by molar-refractivity contribution is 5.73. The van der Waals surface area contributed by atoms with Crippen LogP contribution in [0.3, 0.4) is 0 Å². The minimum Gasteiger partial charge on any atom is -0.463 e. The number of nitrogens with one attached hydrogen (secondary N) is 4. The van der Waals surface area contributed by atoms with E-state index in [0.717, 1.165) is 133 Å². The molecule has 18 aliphatic rings. The number of rotatable bonds is 2. The number of hydrogen-bond donors (Lipinski definition) is 4. The average Bonchev–Trinajstić information content (AvgIpc) is 1.60. The van der Waals surface area contributed by atoms with Crippen LogP contribution in [0.15, 0.2) is 33.4 Å². The number of carbonyl (C=O) groups excluding carboxylic acids is 2. The molecule has 6 heterocycles. The summed E-state index contributed by atoms with van der Waals surface area (Å²) in [5, 5.41) is 14.9. The third kappa shape index (κ3) is 12.1. The van der Waals surface area contributed by atoms with Crippen molar-refractivity contribution in [1.29, 1.82) is 0 Å². The van der Waals surface area contributed by atoms with E-state index in [0.29, 0.717) is 76.5 Å². The summed E-state index contributed by atoms with van der Waals surface area (Å²) in [4.78, 5) is 23.2. The zero-order valence-corrected chi connectivity index (χ0v) is 65.4. The molecule has 10 nitrogen and oxygen atoms in total. The van der Waals surface area contributed by atoms with Crippen molar-refractivity contribution in [2.24, 2.45) is 129 Å². The fourth-order valence-corrected chi connectivity index (χ4v) is 30.4. The first-order valence-electron chi connectivity index (χ1n) is 42.9.